The highest BCUT2D eigenvalue weighted by Gasteiger charge is 2.28. The van der Waals surface area contributed by atoms with Crippen LogP contribution in [0.2, 0.25) is 0 Å². The van der Waals surface area contributed by atoms with Gasteiger partial charge in [0.1, 0.15) is 5.75 Å². The minimum atomic E-state index is 0.0498. The number of rotatable bonds is 3. The van der Waals surface area contributed by atoms with Crippen LogP contribution in [0.15, 0.2) is 18.2 Å². The Morgan fingerprint density at radius 2 is 2.16 bits per heavy atom. The first-order valence-electron chi connectivity index (χ1n) is 6.75. The first kappa shape index (κ1) is 13.7. The molecule has 1 fully saturated rings. The number of nitrogens with two attached hydrogens (primary N) is 1. The van der Waals surface area contributed by atoms with E-state index < -0.39 is 0 Å². The Hall–Kier alpha value is -1.71. The Kier molecular flexibility index (Phi) is 3.98. The molecule has 0 bridgehead atoms. The van der Waals surface area contributed by atoms with Crippen LogP contribution in [0.25, 0.3) is 0 Å². The van der Waals surface area contributed by atoms with Crippen LogP contribution in [0.1, 0.15) is 30.6 Å². The van der Waals surface area contributed by atoms with E-state index >= 15 is 0 Å². The maximum absolute atomic E-state index is 12.5. The summed E-state index contributed by atoms with van der Waals surface area (Å²) in [6, 6.07) is 5.19. The predicted molar refractivity (Wildman–Crippen MR) is 76.3 cm³/mol. The SMILES string of the molecule is COc1cc(N)cc(C(=O)N2CCC(C(C)C)C2)c1. The number of nitrogens with zero attached hydrogens (tertiary/aromatic N) is 1. The predicted octanol–water partition coefficient (Wildman–Crippen LogP) is 2.40. The third-order valence-corrected chi connectivity index (χ3v) is 3.87. The Labute approximate surface area is 114 Å². The summed E-state index contributed by atoms with van der Waals surface area (Å²) in [5, 5.41) is 0. The van der Waals surface area contributed by atoms with Gasteiger partial charge < -0.3 is 15.4 Å². The summed E-state index contributed by atoms with van der Waals surface area (Å²) in [5.41, 5.74) is 6.97. The molecular formula is C15H22N2O2. The van der Waals surface area contributed by atoms with Crippen molar-refractivity contribution >= 4 is 11.6 Å². The van der Waals surface area contributed by atoms with Crippen molar-refractivity contribution in [1.82, 2.24) is 4.90 Å². The largest absolute Gasteiger partial charge is 0.497 e. The zero-order valence-electron chi connectivity index (χ0n) is 11.8. The molecule has 0 saturated carbocycles. The molecule has 0 aliphatic carbocycles. The summed E-state index contributed by atoms with van der Waals surface area (Å²) < 4.78 is 5.16. The van der Waals surface area contributed by atoms with Gasteiger partial charge in [0.05, 0.1) is 7.11 Å². The second-order valence-corrected chi connectivity index (χ2v) is 5.54. The number of ether oxygens (including phenoxy) is 1. The van der Waals surface area contributed by atoms with E-state index in [-0.39, 0.29) is 5.91 Å². The zero-order chi connectivity index (χ0) is 14.0. The average Bonchev–Trinajstić information content (AvgIpc) is 2.86. The molecular weight excluding hydrogens is 240 g/mol. The van der Waals surface area contributed by atoms with Crippen LogP contribution in [0, 0.1) is 11.8 Å². The maximum atomic E-state index is 12.5. The number of methoxy groups -OCH3 is 1. The van der Waals surface area contributed by atoms with Crippen molar-refractivity contribution in [1.29, 1.82) is 0 Å². The lowest BCUT2D eigenvalue weighted by Gasteiger charge is -2.18. The molecule has 0 aromatic heterocycles. The molecule has 4 nitrogen and oxygen atoms in total. The van der Waals surface area contributed by atoms with Crippen LogP contribution in [0.4, 0.5) is 5.69 Å². The van der Waals surface area contributed by atoms with E-state index in [4.69, 9.17) is 10.5 Å². The van der Waals surface area contributed by atoms with Crippen LogP contribution < -0.4 is 10.5 Å². The van der Waals surface area contributed by atoms with E-state index in [0.29, 0.717) is 28.8 Å². The van der Waals surface area contributed by atoms with E-state index in [2.05, 4.69) is 13.8 Å². The van der Waals surface area contributed by atoms with Gasteiger partial charge >= 0.3 is 0 Å². The third-order valence-electron chi connectivity index (χ3n) is 3.87. The molecule has 19 heavy (non-hydrogen) atoms. The zero-order valence-corrected chi connectivity index (χ0v) is 11.8. The normalized spacial score (nSPS) is 18.9. The van der Waals surface area contributed by atoms with E-state index in [1.54, 1.807) is 25.3 Å². The van der Waals surface area contributed by atoms with Gasteiger partial charge in [0.25, 0.3) is 5.91 Å². The third kappa shape index (κ3) is 3.00. The van der Waals surface area contributed by atoms with Crippen molar-refractivity contribution in [3.05, 3.63) is 23.8 Å². The number of nitrogen functional groups attached to an aromatic ring is 1. The molecule has 2 rings (SSSR count). The van der Waals surface area contributed by atoms with Crippen molar-refractivity contribution in [3.8, 4) is 5.75 Å². The van der Waals surface area contributed by atoms with Crippen molar-refractivity contribution in [2.24, 2.45) is 11.8 Å². The molecule has 1 atom stereocenters. The smallest absolute Gasteiger partial charge is 0.254 e. The summed E-state index contributed by atoms with van der Waals surface area (Å²) in [7, 11) is 1.58. The van der Waals surface area contributed by atoms with E-state index in [0.717, 1.165) is 19.5 Å². The number of carbonyl (C=O) groups excluding carboxylic acids is 1. The van der Waals surface area contributed by atoms with E-state index in [1.165, 1.54) is 0 Å². The fourth-order valence-corrected chi connectivity index (χ4v) is 2.56. The molecule has 4 heteroatoms. The Morgan fingerprint density at radius 1 is 1.42 bits per heavy atom. The second kappa shape index (κ2) is 5.51. The van der Waals surface area contributed by atoms with E-state index in [9.17, 15) is 4.79 Å². The molecule has 1 heterocycles. The fourth-order valence-electron chi connectivity index (χ4n) is 2.56. The van der Waals surface area contributed by atoms with Gasteiger partial charge in [-0.15, -0.1) is 0 Å². The summed E-state index contributed by atoms with van der Waals surface area (Å²) in [4.78, 5) is 14.4. The van der Waals surface area contributed by atoms with Crippen molar-refractivity contribution in [3.63, 3.8) is 0 Å². The van der Waals surface area contributed by atoms with Gasteiger partial charge in [-0.05, 0) is 30.4 Å². The number of hydrogen-bond donors (Lipinski definition) is 1. The van der Waals surface area contributed by atoms with Crippen LogP contribution >= 0.6 is 0 Å². The van der Waals surface area contributed by atoms with Crippen LogP contribution in [-0.4, -0.2) is 31.0 Å². The lowest BCUT2D eigenvalue weighted by Crippen LogP contribution is -2.29. The minimum Gasteiger partial charge on any atom is -0.497 e. The van der Waals surface area contributed by atoms with Crippen molar-refractivity contribution < 1.29 is 9.53 Å². The van der Waals surface area contributed by atoms with Gasteiger partial charge in [0.15, 0.2) is 0 Å². The minimum absolute atomic E-state index is 0.0498. The standard InChI is InChI=1S/C15H22N2O2/c1-10(2)11-4-5-17(9-11)15(18)12-6-13(16)8-14(7-12)19-3/h6-8,10-11H,4-5,9,16H2,1-3H3. The number of hydrogen-bond acceptors (Lipinski definition) is 3. The van der Waals surface area contributed by atoms with Gasteiger partial charge in [0, 0.05) is 30.4 Å². The summed E-state index contributed by atoms with van der Waals surface area (Å²) in [5.74, 6) is 1.90. The molecule has 2 N–H and O–H groups in total. The van der Waals surface area contributed by atoms with Crippen molar-refractivity contribution in [2.75, 3.05) is 25.9 Å². The Morgan fingerprint density at radius 3 is 2.74 bits per heavy atom. The highest BCUT2D eigenvalue weighted by Crippen LogP contribution is 2.26. The van der Waals surface area contributed by atoms with Crippen LogP contribution in [-0.2, 0) is 0 Å². The van der Waals surface area contributed by atoms with Gasteiger partial charge in [-0.1, -0.05) is 13.8 Å². The van der Waals surface area contributed by atoms with E-state index in [1.807, 2.05) is 4.90 Å². The summed E-state index contributed by atoms with van der Waals surface area (Å²) in [6.07, 6.45) is 1.09. The fraction of sp³-hybridized carbons (Fsp3) is 0.533. The lowest BCUT2D eigenvalue weighted by atomic mass is 9.95. The molecule has 1 amide bonds. The van der Waals surface area contributed by atoms with Crippen LogP contribution in [0.5, 0.6) is 5.75 Å². The van der Waals surface area contributed by atoms with Gasteiger partial charge in [-0.2, -0.15) is 0 Å². The molecule has 1 aromatic carbocycles. The maximum Gasteiger partial charge on any atom is 0.254 e. The number of anilines is 1. The molecule has 1 saturated heterocycles. The lowest BCUT2D eigenvalue weighted by molar-refractivity contribution is 0.0783. The Bertz CT molecular complexity index is 471. The monoisotopic (exact) mass is 262 g/mol. The molecule has 1 unspecified atom stereocenters. The van der Waals surface area contributed by atoms with Crippen LogP contribution in [0.3, 0.4) is 0 Å². The topological polar surface area (TPSA) is 55.6 Å². The van der Waals surface area contributed by atoms with Gasteiger partial charge in [-0.3, -0.25) is 4.79 Å². The second-order valence-electron chi connectivity index (χ2n) is 5.54. The first-order valence-corrected chi connectivity index (χ1v) is 6.75. The highest BCUT2D eigenvalue weighted by molar-refractivity contribution is 5.95. The van der Waals surface area contributed by atoms with Gasteiger partial charge in [-0.25, -0.2) is 0 Å². The molecule has 0 spiro atoms. The Balaban J connectivity index is 2.14. The molecule has 104 valence electrons. The highest BCUT2D eigenvalue weighted by atomic mass is 16.5. The molecule has 0 radical (unpaired) electrons. The first-order chi connectivity index (χ1) is 9.01. The number of amides is 1. The van der Waals surface area contributed by atoms with Crippen molar-refractivity contribution in [2.45, 2.75) is 20.3 Å². The number of likely N-dealkylation sites (tertiary alicyclic amines) is 1. The molecule has 1 aliphatic rings. The molecule has 1 aromatic rings. The number of benzene rings is 1. The number of carbonyl (C=O) groups is 1. The summed E-state index contributed by atoms with van der Waals surface area (Å²) in [6.45, 7) is 6.09. The quantitative estimate of drug-likeness (QED) is 0.851. The molecule has 1 aliphatic heterocycles. The van der Waals surface area contributed by atoms with Gasteiger partial charge in [0.2, 0.25) is 0 Å². The summed E-state index contributed by atoms with van der Waals surface area (Å²) >= 11 is 0. The average molecular weight is 262 g/mol.